The first-order valence-electron chi connectivity index (χ1n) is 11.4. The molecule has 0 atom stereocenters. The number of amides is 1. The predicted octanol–water partition coefficient (Wildman–Crippen LogP) is 5.19. The molecular formula is C25H27N5O6S. The summed E-state index contributed by atoms with van der Waals surface area (Å²) in [6.07, 6.45) is 0.273. The van der Waals surface area contributed by atoms with Gasteiger partial charge in [0.25, 0.3) is 5.89 Å². The van der Waals surface area contributed by atoms with Gasteiger partial charge in [-0.2, -0.15) is 0 Å². The van der Waals surface area contributed by atoms with E-state index in [9.17, 15) is 14.4 Å². The van der Waals surface area contributed by atoms with E-state index in [4.69, 9.17) is 13.9 Å². The van der Waals surface area contributed by atoms with Crippen molar-refractivity contribution in [1.82, 2.24) is 25.1 Å². The maximum atomic E-state index is 13.4. The van der Waals surface area contributed by atoms with Crippen molar-refractivity contribution in [3.63, 3.8) is 0 Å². The summed E-state index contributed by atoms with van der Waals surface area (Å²) in [6.45, 7) is 10.6. The zero-order valence-corrected chi connectivity index (χ0v) is 22.1. The highest BCUT2D eigenvalue weighted by Gasteiger charge is 2.25. The van der Waals surface area contributed by atoms with Gasteiger partial charge in [0.2, 0.25) is 11.7 Å². The average molecular weight is 526 g/mol. The molecule has 3 heterocycles. The first-order valence-corrected chi connectivity index (χ1v) is 12.3. The summed E-state index contributed by atoms with van der Waals surface area (Å²) in [5.74, 6) is -0.101. The molecule has 4 rings (SSSR count). The summed E-state index contributed by atoms with van der Waals surface area (Å²) in [4.78, 5) is 42.3. The summed E-state index contributed by atoms with van der Waals surface area (Å²) in [5.41, 5.74) is -0.138. The van der Waals surface area contributed by atoms with Crippen LogP contribution in [0.1, 0.15) is 62.8 Å². The lowest BCUT2D eigenvalue weighted by atomic mass is 10.1. The first-order chi connectivity index (χ1) is 17.3. The summed E-state index contributed by atoms with van der Waals surface area (Å²) in [5, 5.41) is 12.8. The van der Waals surface area contributed by atoms with E-state index in [1.165, 1.54) is 10.8 Å². The number of nitrogens with one attached hydrogen (secondary N) is 1. The minimum atomic E-state index is -0.692. The van der Waals surface area contributed by atoms with Gasteiger partial charge < -0.3 is 19.2 Å². The molecule has 0 saturated heterocycles. The fourth-order valence-corrected chi connectivity index (χ4v) is 4.05. The highest BCUT2D eigenvalue weighted by molar-refractivity contribution is 7.12. The normalized spacial score (nSPS) is 11.9. The van der Waals surface area contributed by atoms with Crippen molar-refractivity contribution in [2.75, 3.05) is 0 Å². The Bertz CT molecular complexity index is 1470. The van der Waals surface area contributed by atoms with Crippen LogP contribution in [0, 0.1) is 0 Å². The highest BCUT2D eigenvalue weighted by atomic mass is 32.1. The minimum Gasteiger partial charge on any atom is -0.444 e. The van der Waals surface area contributed by atoms with Crippen molar-refractivity contribution in [2.45, 2.75) is 59.3 Å². The molecule has 4 aromatic rings. The number of carbonyl (C=O) groups excluding carboxylic acids is 3. The summed E-state index contributed by atoms with van der Waals surface area (Å²) in [7, 11) is 0. The number of ether oxygens (including phenoxy) is 2. The Morgan fingerprint density at radius 1 is 1.03 bits per heavy atom. The minimum absolute atomic E-state index is 0.0258. The lowest BCUT2D eigenvalue weighted by molar-refractivity contribution is 0.0514. The summed E-state index contributed by atoms with van der Waals surface area (Å²) in [6, 6.07) is 7.08. The third kappa shape index (κ3) is 6.20. The standard InChI is InChI=1S/C25H27N5O6S/c1-24(2,3)35-22(32)26-11-18-28-29-20(34-18)16-13-37-21(27-16)19(31)15-12-30(23(33)36-25(4,5)6)17-10-8-7-9-14(15)17/h7-10,12-13H,11H2,1-6H3,(H,26,32). The van der Waals surface area contributed by atoms with Crippen LogP contribution in [0.3, 0.4) is 0 Å². The Hall–Kier alpha value is -4.06. The average Bonchev–Trinajstić information content (AvgIpc) is 3.53. The lowest BCUT2D eigenvalue weighted by Crippen LogP contribution is -2.32. The molecule has 1 amide bonds. The smallest absolute Gasteiger partial charge is 0.419 e. The SMILES string of the molecule is CC(C)(C)OC(=O)NCc1nnc(-c2csc(C(=O)c3cn(C(=O)OC(C)(C)C)c4ccccc34)n2)o1. The molecule has 0 radical (unpaired) electrons. The van der Waals surface area contributed by atoms with Crippen LogP contribution in [0.2, 0.25) is 0 Å². The Balaban J connectivity index is 1.53. The van der Waals surface area contributed by atoms with Gasteiger partial charge in [-0.3, -0.25) is 9.36 Å². The van der Waals surface area contributed by atoms with Crippen LogP contribution >= 0.6 is 11.3 Å². The predicted molar refractivity (Wildman–Crippen MR) is 135 cm³/mol. The molecule has 1 aromatic carbocycles. The maximum absolute atomic E-state index is 13.4. The molecule has 0 aliphatic heterocycles. The van der Waals surface area contributed by atoms with Crippen molar-refractivity contribution in [3.05, 3.63) is 52.3 Å². The van der Waals surface area contributed by atoms with Crippen molar-refractivity contribution < 1.29 is 28.3 Å². The molecule has 0 saturated carbocycles. The molecule has 12 heteroatoms. The molecule has 0 spiro atoms. The number of hydrogen-bond acceptors (Lipinski definition) is 10. The molecular weight excluding hydrogens is 498 g/mol. The third-order valence-corrected chi connectivity index (χ3v) is 5.56. The number of alkyl carbamates (subject to hydrolysis) is 1. The van der Waals surface area contributed by atoms with Crippen LogP contribution in [0.15, 0.2) is 40.3 Å². The van der Waals surface area contributed by atoms with Gasteiger partial charge in [0, 0.05) is 17.0 Å². The summed E-state index contributed by atoms with van der Waals surface area (Å²) >= 11 is 1.11. The van der Waals surface area contributed by atoms with E-state index in [1.54, 1.807) is 71.2 Å². The summed E-state index contributed by atoms with van der Waals surface area (Å²) < 4.78 is 17.6. The van der Waals surface area contributed by atoms with Gasteiger partial charge in [0.15, 0.2) is 5.01 Å². The lowest BCUT2D eigenvalue weighted by Gasteiger charge is -2.19. The zero-order valence-electron chi connectivity index (χ0n) is 21.3. The molecule has 0 bridgehead atoms. The molecule has 0 aliphatic rings. The van der Waals surface area contributed by atoms with Gasteiger partial charge in [-0.15, -0.1) is 21.5 Å². The van der Waals surface area contributed by atoms with Crippen LogP contribution in [0.25, 0.3) is 22.5 Å². The van der Waals surface area contributed by atoms with E-state index >= 15 is 0 Å². The molecule has 3 aromatic heterocycles. The number of thiazole rings is 1. The number of rotatable bonds is 5. The van der Waals surface area contributed by atoms with Crippen LogP contribution in [0.4, 0.5) is 9.59 Å². The van der Waals surface area contributed by atoms with Crippen LogP contribution in [0.5, 0.6) is 0 Å². The second-order valence-electron chi connectivity index (χ2n) is 10.1. The largest absolute Gasteiger partial charge is 0.444 e. The highest BCUT2D eigenvalue weighted by Crippen LogP contribution is 2.28. The molecule has 11 nitrogen and oxygen atoms in total. The second kappa shape index (κ2) is 9.77. The molecule has 37 heavy (non-hydrogen) atoms. The van der Waals surface area contributed by atoms with E-state index in [0.717, 1.165) is 11.3 Å². The van der Waals surface area contributed by atoms with Crippen molar-refractivity contribution >= 4 is 40.2 Å². The fraction of sp³-hybridized carbons (Fsp3) is 0.360. The van der Waals surface area contributed by atoms with Crippen LogP contribution < -0.4 is 5.32 Å². The van der Waals surface area contributed by atoms with Crippen LogP contribution in [-0.4, -0.2) is 48.9 Å². The van der Waals surface area contributed by atoms with E-state index in [-0.39, 0.29) is 29.1 Å². The molecule has 1 N–H and O–H groups in total. The third-order valence-electron chi connectivity index (χ3n) is 4.71. The fourth-order valence-electron chi connectivity index (χ4n) is 3.30. The first kappa shape index (κ1) is 26.0. The van der Waals surface area contributed by atoms with Gasteiger partial charge >= 0.3 is 12.2 Å². The Kier molecular flexibility index (Phi) is 6.87. The van der Waals surface area contributed by atoms with E-state index in [1.807, 2.05) is 0 Å². The van der Waals surface area contributed by atoms with E-state index in [0.29, 0.717) is 22.2 Å². The number of ketones is 1. The topological polar surface area (TPSA) is 138 Å². The maximum Gasteiger partial charge on any atom is 0.419 e. The van der Waals surface area contributed by atoms with Crippen molar-refractivity contribution in [3.8, 4) is 11.6 Å². The Morgan fingerprint density at radius 2 is 1.73 bits per heavy atom. The Morgan fingerprint density at radius 3 is 2.43 bits per heavy atom. The number of hydrogen-bond donors (Lipinski definition) is 1. The molecule has 0 fully saturated rings. The monoisotopic (exact) mass is 525 g/mol. The number of fused-ring (bicyclic) bond motifs is 1. The molecule has 0 unspecified atom stereocenters. The van der Waals surface area contributed by atoms with Gasteiger partial charge in [0.05, 0.1) is 17.6 Å². The van der Waals surface area contributed by atoms with E-state index < -0.39 is 23.4 Å². The number of carbonyl (C=O) groups is 3. The zero-order chi connectivity index (χ0) is 27.0. The van der Waals surface area contributed by atoms with Gasteiger partial charge in [-0.25, -0.2) is 14.6 Å². The van der Waals surface area contributed by atoms with Gasteiger partial charge in [-0.05, 0) is 47.6 Å². The van der Waals surface area contributed by atoms with Crippen molar-refractivity contribution in [2.24, 2.45) is 0 Å². The number of para-hydroxylation sites is 1. The number of nitrogens with zero attached hydrogens (tertiary/aromatic N) is 4. The molecule has 194 valence electrons. The number of aromatic nitrogens is 4. The van der Waals surface area contributed by atoms with Gasteiger partial charge in [-0.1, -0.05) is 18.2 Å². The van der Waals surface area contributed by atoms with Crippen LogP contribution in [-0.2, 0) is 16.0 Å². The van der Waals surface area contributed by atoms with Crippen molar-refractivity contribution in [1.29, 1.82) is 0 Å². The van der Waals surface area contributed by atoms with E-state index in [2.05, 4.69) is 20.5 Å². The Labute approximate surface area is 216 Å². The quantitative estimate of drug-likeness (QED) is 0.349. The van der Waals surface area contributed by atoms with Gasteiger partial charge in [0.1, 0.15) is 16.9 Å². The molecule has 0 aliphatic carbocycles. The second-order valence-corrected chi connectivity index (χ2v) is 11.0. The number of benzene rings is 1.